The predicted octanol–water partition coefficient (Wildman–Crippen LogP) is 4.92. The summed E-state index contributed by atoms with van der Waals surface area (Å²) in [6, 6.07) is 13.7. The Morgan fingerprint density at radius 2 is 1.77 bits per heavy atom. The average molecular weight is 315 g/mol. The van der Waals surface area contributed by atoms with Gasteiger partial charge in [0, 0.05) is 5.56 Å². The lowest BCUT2D eigenvalue weighted by Gasteiger charge is -1.96. The highest BCUT2D eigenvalue weighted by atomic mass is 35.5. The highest BCUT2D eigenvalue weighted by molar-refractivity contribution is 6.50. The fourth-order valence-corrected chi connectivity index (χ4v) is 2.11. The van der Waals surface area contributed by atoms with E-state index in [1.807, 2.05) is 31.2 Å². The molecule has 0 atom stereocenters. The van der Waals surface area contributed by atoms with E-state index < -0.39 is 0 Å². The van der Waals surface area contributed by atoms with E-state index in [4.69, 9.17) is 16.1 Å². The molecule has 0 aliphatic carbocycles. The van der Waals surface area contributed by atoms with Crippen LogP contribution in [-0.2, 0) is 0 Å². The normalized spacial score (nSPS) is 11.7. The van der Waals surface area contributed by atoms with Crippen molar-refractivity contribution in [2.75, 3.05) is 0 Å². The second-order valence-corrected chi connectivity index (χ2v) is 5.24. The van der Waals surface area contributed by atoms with Crippen LogP contribution in [0.5, 0.6) is 0 Å². The molecule has 110 valence electrons. The van der Waals surface area contributed by atoms with E-state index in [9.17, 15) is 4.39 Å². The van der Waals surface area contributed by atoms with Gasteiger partial charge in [-0.25, -0.2) is 4.39 Å². The largest absolute Gasteiger partial charge is 0.333 e. The van der Waals surface area contributed by atoms with Gasteiger partial charge in [0.2, 0.25) is 5.82 Å². The molecule has 0 N–H and O–H groups in total. The molecule has 0 radical (unpaired) electrons. The zero-order chi connectivity index (χ0) is 15.5. The van der Waals surface area contributed by atoms with Crippen molar-refractivity contribution >= 4 is 22.7 Å². The van der Waals surface area contributed by atoms with Crippen molar-refractivity contribution in [1.82, 2.24) is 10.1 Å². The van der Waals surface area contributed by atoms with Crippen molar-refractivity contribution < 1.29 is 8.91 Å². The number of aryl methyl sites for hydroxylation is 1. The zero-order valence-electron chi connectivity index (χ0n) is 11.8. The van der Waals surface area contributed by atoms with E-state index >= 15 is 0 Å². The topological polar surface area (TPSA) is 38.9 Å². The minimum Gasteiger partial charge on any atom is -0.333 e. The van der Waals surface area contributed by atoms with Gasteiger partial charge in [-0.3, -0.25) is 0 Å². The quantitative estimate of drug-likeness (QED) is 0.688. The lowest BCUT2D eigenvalue weighted by molar-refractivity contribution is 0.410. The molecular formula is C17H12ClFN2O. The highest BCUT2D eigenvalue weighted by Gasteiger charge is 2.11. The van der Waals surface area contributed by atoms with Gasteiger partial charge < -0.3 is 4.52 Å². The second-order valence-electron chi connectivity index (χ2n) is 4.83. The molecule has 3 rings (SSSR count). The SMILES string of the molecule is Cc1ccc(/C=C(\Cl)c2nc(-c3ccc(F)cc3)no2)cc1. The number of hydrogen-bond donors (Lipinski definition) is 0. The third-order valence-corrected chi connectivity index (χ3v) is 3.37. The summed E-state index contributed by atoms with van der Waals surface area (Å²) >= 11 is 6.21. The summed E-state index contributed by atoms with van der Waals surface area (Å²) in [7, 11) is 0. The van der Waals surface area contributed by atoms with Gasteiger partial charge in [0.25, 0.3) is 5.89 Å². The Morgan fingerprint density at radius 1 is 1.09 bits per heavy atom. The van der Waals surface area contributed by atoms with Crippen molar-refractivity contribution in [2.24, 2.45) is 0 Å². The Morgan fingerprint density at radius 3 is 2.45 bits per heavy atom. The van der Waals surface area contributed by atoms with Crippen LogP contribution in [0, 0.1) is 12.7 Å². The standard InChI is InChI=1S/C17H12ClFN2O/c1-11-2-4-12(5-3-11)10-15(18)17-20-16(21-22-17)13-6-8-14(19)9-7-13/h2-10H,1H3/b15-10-. The highest BCUT2D eigenvalue weighted by Crippen LogP contribution is 2.24. The van der Waals surface area contributed by atoms with Gasteiger partial charge in [0.15, 0.2) is 0 Å². The summed E-state index contributed by atoms with van der Waals surface area (Å²) in [5.41, 5.74) is 2.78. The molecule has 0 bridgehead atoms. The van der Waals surface area contributed by atoms with Gasteiger partial charge in [-0.15, -0.1) is 0 Å². The molecule has 0 fully saturated rings. The molecule has 22 heavy (non-hydrogen) atoms. The second kappa shape index (κ2) is 6.12. The monoisotopic (exact) mass is 314 g/mol. The Kier molecular flexibility index (Phi) is 4.02. The Labute approximate surface area is 132 Å². The van der Waals surface area contributed by atoms with E-state index in [0.29, 0.717) is 16.4 Å². The molecular weight excluding hydrogens is 303 g/mol. The maximum Gasteiger partial charge on any atom is 0.269 e. The number of halogens is 2. The van der Waals surface area contributed by atoms with Crippen LogP contribution < -0.4 is 0 Å². The number of benzene rings is 2. The van der Waals surface area contributed by atoms with Gasteiger partial charge >= 0.3 is 0 Å². The smallest absolute Gasteiger partial charge is 0.269 e. The fraction of sp³-hybridized carbons (Fsp3) is 0.0588. The van der Waals surface area contributed by atoms with E-state index in [1.165, 1.54) is 17.7 Å². The molecule has 0 spiro atoms. The predicted molar refractivity (Wildman–Crippen MR) is 84.6 cm³/mol. The summed E-state index contributed by atoms with van der Waals surface area (Å²) in [6.45, 7) is 2.02. The molecule has 3 aromatic rings. The summed E-state index contributed by atoms with van der Waals surface area (Å²) in [5, 5.41) is 4.21. The first kappa shape index (κ1) is 14.5. The lowest BCUT2D eigenvalue weighted by Crippen LogP contribution is -1.82. The Balaban J connectivity index is 1.86. The summed E-state index contributed by atoms with van der Waals surface area (Å²) in [5.74, 6) is 0.275. The van der Waals surface area contributed by atoms with Crippen LogP contribution in [0.2, 0.25) is 0 Å². The number of hydrogen-bond acceptors (Lipinski definition) is 3. The molecule has 2 aromatic carbocycles. The van der Waals surface area contributed by atoms with Crippen LogP contribution in [0.3, 0.4) is 0 Å². The van der Waals surface area contributed by atoms with Gasteiger partial charge in [0.05, 0.1) is 0 Å². The number of aromatic nitrogens is 2. The van der Waals surface area contributed by atoms with Crippen molar-refractivity contribution in [2.45, 2.75) is 6.92 Å². The van der Waals surface area contributed by atoms with Crippen molar-refractivity contribution in [3.05, 3.63) is 71.4 Å². The summed E-state index contributed by atoms with van der Waals surface area (Å²) in [6.07, 6.45) is 1.75. The molecule has 0 amide bonds. The Bertz CT molecular complexity index is 807. The molecule has 0 unspecified atom stereocenters. The maximum atomic E-state index is 12.9. The minimum absolute atomic E-state index is 0.224. The van der Waals surface area contributed by atoms with E-state index in [1.54, 1.807) is 18.2 Å². The Hall–Kier alpha value is -2.46. The third kappa shape index (κ3) is 3.23. The van der Waals surface area contributed by atoms with Gasteiger partial charge in [-0.1, -0.05) is 46.6 Å². The van der Waals surface area contributed by atoms with Gasteiger partial charge in [-0.2, -0.15) is 4.98 Å². The van der Waals surface area contributed by atoms with E-state index in [0.717, 1.165) is 5.56 Å². The van der Waals surface area contributed by atoms with Gasteiger partial charge in [0.1, 0.15) is 10.8 Å². The first-order valence-electron chi connectivity index (χ1n) is 6.66. The van der Waals surface area contributed by atoms with Crippen LogP contribution in [0.15, 0.2) is 53.1 Å². The molecule has 3 nitrogen and oxygen atoms in total. The fourth-order valence-electron chi connectivity index (χ4n) is 1.91. The van der Waals surface area contributed by atoms with E-state index in [2.05, 4.69) is 10.1 Å². The maximum absolute atomic E-state index is 12.9. The summed E-state index contributed by atoms with van der Waals surface area (Å²) < 4.78 is 18.1. The number of nitrogens with zero attached hydrogens (tertiary/aromatic N) is 2. The van der Waals surface area contributed by atoms with Crippen LogP contribution in [0.4, 0.5) is 4.39 Å². The van der Waals surface area contributed by atoms with Crippen molar-refractivity contribution in [1.29, 1.82) is 0 Å². The van der Waals surface area contributed by atoms with Crippen LogP contribution >= 0.6 is 11.6 Å². The van der Waals surface area contributed by atoms with Crippen molar-refractivity contribution in [3.8, 4) is 11.4 Å². The average Bonchev–Trinajstić information content (AvgIpc) is 3.00. The van der Waals surface area contributed by atoms with Crippen molar-refractivity contribution in [3.63, 3.8) is 0 Å². The molecule has 0 aliphatic rings. The van der Waals surface area contributed by atoms with E-state index in [-0.39, 0.29) is 11.7 Å². The minimum atomic E-state index is -0.315. The molecule has 0 aliphatic heterocycles. The third-order valence-electron chi connectivity index (χ3n) is 3.10. The molecule has 1 aromatic heterocycles. The van der Waals surface area contributed by atoms with Crippen LogP contribution in [0.1, 0.15) is 17.0 Å². The number of rotatable bonds is 3. The lowest BCUT2D eigenvalue weighted by atomic mass is 10.1. The molecule has 1 heterocycles. The van der Waals surface area contributed by atoms with Crippen LogP contribution in [-0.4, -0.2) is 10.1 Å². The first-order valence-corrected chi connectivity index (χ1v) is 7.03. The summed E-state index contributed by atoms with van der Waals surface area (Å²) in [4.78, 5) is 4.22. The van der Waals surface area contributed by atoms with Crippen LogP contribution in [0.25, 0.3) is 22.5 Å². The molecule has 0 saturated heterocycles. The first-order chi connectivity index (χ1) is 10.6. The molecule has 0 saturated carbocycles. The van der Waals surface area contributed by atoms with Gasteiger partial charge in [-0.05, 0) is 42.8 Å². The zero-order valence-corrected chi connectivity index (χ0v) is 12.5. The molecule has 5 heteroatoms.